The van der Waals surface area contributed by atoms with Crippen molar-refractivity contribution in [2.75, 3.05) is 43.0 Å². The minimum absolute atomic E-state index is 0.338. The van der Waals surface area contributed by atoms with Gasteiger partial charge in [-0.3, -0.25) is 0 Å². The number of thiocarbonyl (C=S) groups is 1. The summed E-state index contributed by atoms with van der Waals surface area (Å²) < 4.78 is 19.4. The molecule has 1 N–H and O–H groups in total. The zero-order valence-electron chi connectivity index (χ0n) is 17.1. The van der Waals surface area contributed by atoms with Crippen molar-refractivity contribution in [3.8, 4) is 11.8 Å². The molecule has 0 saturated carbocycles. The summed E-state index contributed by atoms with van der Waals surface area (Å²) in [6, 6.07) is 16.3. The third-order valence-corrected chi connectivity index (χ3v) is 5.54. The molecular formula is C23H22FN5OS. The van der Waals surface area contributed by atoms with Crippen molar-refractivity contribution in [2.45, 2.75) is 6.92 Å². The number of hydrogen-bond acceptors (Lipinski definition) is 5. The Morgan fingerprint density at radius 3 is 2.68 bits per heavy atom. The lowest BCUT2D eigenvalue weighted by Crippen LogP contribution is -2.50. The minimum atomic E-state index is -0.338. The van der Waals surface area contributed by atoms with Gasteiger partial charge in [0.2, 0.25) is 0 Å². The van der Waals surface area contributed by atoms with Crippen molar-refractivity contribution < 1.29 is 9.13 Å². The molecule has 158 valence electrons. The van der Waals surface area contributed by atoms with Gasteiger partial charge in [0.1, 0.15) is 23.5 Å². The number of fused-ring (bicyclic) bond motifs is 1. The number of pyridine rings is 1. The quantitative estimate of drug-likeness (QED) is 0.617. The highest BCUT2D eigenvalue weighted by Crippen LogP contribution is 2.27. The summed E-state index contributed by atoms with van der Waals surface area (Å²) in [5.41, 5.74) is 1.71. The van der Waals surface area contributed by atoms with Crippen molar-refractivity contribution >= 4 is 39.7 Å². The Kier molecular flexibility index (Phi) is 6.14. The van der Waals surface area contributed by atoms with Crippen LogP contribution in [0.4, 0.5) is 15.9 Å². The molecule has 3 aromatic rings. The summed E-state index contributed by atoms with van der Waals surface area (Å²) >= 11 is 5.47. The maximum atomic E-state index is 13.9. The van der Waals surface area contributed by atoms with Gasteiger partial charge in [0, 0.05) is 31.6 Å². The number of piperazine rings is 1. The van der Waals surface area contributed by atoms with Gasteiger partial charge in [0.15, 0.2) is 5.11 Å². The lowest BCUT2D eigenvalue weighted by Gasteiger charge is -2.37. The topological polar surface area (TPSA) is 64.4 Å². The van der Waals surface area contributed by atoms with E-state index in [0.717, 1.165) is 16.7 Å². The molecule has 0 bridgehead atoms. The highest BCUT2D eigenvalue weighted by atomic mass is 32.1. The molecule has 1 aromatic heterocycles. The van der Waals surface area contributed by atoms with E-state index in [0.29, 0.717) is 55.0 Å². The molecule has 6 nitrogen and oxygen atoms in total. The smallest absolute Gasteiger partial charge is 0.173 e. The number of rotatable bonds is 4. The van der Waals surface area contributed by atoms with Crippen LogP contribution < -0.4 is 15.0 Å². The van der Waals surface area contributed by atoms with Crippen LogP contribution in [0.25, 0.3) is 10.9 Å². The van der Waals surface area contributed by atoms with E-state index in [2.05, 4.69) is 16.3 Å². The van der Waals surface area contributed by atoms with Crippen LogP contribution in [0.2, 0.25) is 0 Å². The van der Waals surface area contributed by atoms with Crippen LogP contribution in [0.15, 0.2) is 48.5 Å². The zero-order chi connectivity index (χ0) is 21.8. The number of nitriles is 1. The first-order chi connectivity index (χ1) is 15.1. The Balaban J connectivity index is 1.48. The summed E-state index contributed by atoms with van der Waals surface area (Å²) in [4.78, 5) is 8.85. The molecule has 8 heteroatoms. The second-order valence-electron chi connectivity index (χ2n) is 7.14. The molecule has 0 atom stereocenters. The van der Waals surface area contributed by atoms with Crippen molar-refractivity contribution in [1.29, 1.82) is 5.26 Å². The number of halogens is 1. The van der Waals surface area contributed by atoms with Crippen LogP contribution >= 0.6 is 12.2 Å². The van der Waals surface area contributed by atoms with Gasteiger partial charge in [-0.25, -0.2) is 9.37 Å². The first-order valence-corrected chi connectivity index (χ1v) is 10.5. The third kappa shape index (κ3) is 4.52. The van der Waals surface area contributed by atoms with E-state index in [1.807, 2.05) is 36.1 Å². The Hall–Kier alpha value is -3.44. The standard InChI is InChI=1S/C23H22FN5OS/c1-2-30-18-7-8-20-16(14-18)13-17(15-25)22(26-20)28-9-11-29(12-10-28)23(31)27-21-6-4-3-5-19(21)24/h3-8,13-14H,2,9-12H2,1H3,(H,27,31). The van der Waals surface area contributed by atoms with E-state index in [1.165, 1.54) is 6.07 Å². The Bertz CT molecular complexity index is 1150. The van der Waals surface area contributed by atoms with Gasteiger partial charge in [-0.05, 0) is 55.5 Å². The molecule has 1 aliphatic heterocycles. The van der Waals surface area contributed by atoms with Crippen LogP contribution in [0.1, 0.15) is 12.5 Å². The molecule has 31 heavy (non-hydrogen) atoms. The van der Waals surface area contributed by atoms with E-state index in [9.17, 15) is 9.65 Å². The highest BCUT2D eigenvalue weighted by Gasteiger charge is 2.23. The van der Waals surface area contributed by atoms with Gasteiger partial charge < -0.3 is 19.9 Å². The predicted molar refractivity (Wildman–Crippen MR) is 124 cm³/mol. The number of hydrogen-bond donors (Lipinski definition) is 1. The fraction of sp³-hybridized carbons (Fsp3) is 0.261. The second-order valence-corrected chi connectivity index (χ2v) is 7.53. The molecule has 1 aliphatic rings. The molecule has 0 amide bonds. The average molecular weight is 436 g/mol. The van der Waals surface area contributed by atoms with Crippen LogP contribution in [0, 0.1) is 17.1 Å². The van der Waals surface area contributed by atoms with Crippen LogP contribution in [-0.2, 0) is 0 Å². The summed E-state index contributed by atoms with van der Waals surface area (Å²) in [5.74, 6) is 1.10. The monoisotopic (exact) mass is 435 g/mol. The molecule has 0 unspecified atom stereocenters. The average Bonchev–Trinajstić information content (AvgIpc) is 2.80. The van der Waals surface area contributed by atoms with Gasteiger partial charge >= 0.3 is 0 Å². The SMILES string of the molecule is CCOc1ccc2nc(N3CCN(C(=S)Nc4ccccc4F)CC3)c(C#N)cc2c1. The minimum Gasteiger partial charge on any atom is -0.494 e. The van der Waals surface area contributed by atoms with Crippen LogP contribution in [0.3, 0.4) is 0 Å². The number of anilines is 2. The van der Waals surface area contributed by atoms with Crippen molar-refractivity contribution in [3.63, 3.8) is 0 Å². The molecule has 1 saturated heterocycles. The number of ether oxygens (including phenoxy) is 1. The third-order valence-electron chi connectivity index (χ3n) is 5.18. The number of nitrogens with zero attached hydrogens (tertiary/aromatic N) is 4. The zero-order valence-corrected chi connectivity index (χ0v) is 18.0. The van der Waals surface area contributed by atoms with E-state index in [1.54, 1.807) is 18.2 Å². The van der Waals surface area contributed by atoms with E-state index in [-0.39, 0.29) is 5.82 Å². The van der Waals surface area contributed by atoms with Crippen LogP contribution in [-0.4, -0.2) is 47.8 Å². The van der Waals surface area contributed by atoms with Crippen molar-refractivity contribution in [3.05, 3.63) is 59.9 Å². The summed E-state index contributed by atoms with van der Waals surface area (Å²) in [6.07, 6.45) is 0. The molecule has 2 heterocycles. The predicted octanol–water partition coefficient (Wildman–Crippen LogP) is 4.16. The maximum absolute atomic E-state index is 13.9. The number of para-hydroxylation sites is 1. The first-order valence-electron chi connectivity index (χ1n) is 10.1. The van der Waals surface area contributed by atoms with Crippen molar-refractivity contribution in [1.82, 2.24) is 9.88 Å². The molecular weight excluding hydrogens is 413 g/mol. The van der Waals surface area contributed by atoms with Crippen LogP contribution in [0.5, 0.6) is 5.75 Å². The van der Waals surface area contributed by atoms with E-state index < -0.39 is 0 Å². The molecule has 4 rings (SSSR count). The Morgan fingerprint density at radius 1 is 1.19 bits per heavy atom. The lowest BCUT2D eigenvalue weighted by molar-refractivity contribution is 0.340. The normalized spacial score (nSPS) is 13.7. The molecule has 0 radical (unpaired) electrons. The second kappa shape index (κ2) is 9.14. The Labute approximate surface area is 185 Å². The fourth-order valence-electron chi connectivity index (χ4n) is 3.60. The lowest BCUT2D eigenvalue weighted by atomic mass is 10.1. The molecule has 1 fully saturated rings. The van der Waals surface area contributed by atoms with Gasteiger partial charge in [0.25, 0.3) is 0 Å². The first kappa shape index (κ1) is 20.8. The summed E-state index contributed by atoms with van der Waals surface area (Å²) in [7, 11) is 0. The van der Waals surface area contributed by atoms with E-state index in [4.69, 9.17) is 21.9 Å². The van der Waals surface area contributed by atoms with Gasteiger partial charge in [-0.1, -0.05) is 12.1 Å². The molecule has 2 aromatic carbocycles. The highest BCUT2D eigenvalue weighted by molar-refractivity contribution is 7.80. The summed E-state index contributed by atoms with van der Waals surface area (Å²) in [5, 5.41) is 14.0. The van der Waals surface area contributed by atoms with E-state index >= 15 is 0 Å². The number of aromatic nitrogens is 1. The van der Waals surface area contributed by atoms with Gasteiger partial charge in [-0.2, -0.15) is 5.26 Å². The van der Waals surface area contributed by atoms with Gasteiger partial charge in [0.05, 0.1) is 23.4 Å². The largest absolute Gasteiger partial charge is 0.494 e. The Morgan fingerprint density at radius 2 is 1.97 bits per heavy atom. The molecule has 0 spiro atoms. The molecule has 0 aliphatic carbocycles. The fourth-order valence-corrected chi connectivity index (χ4v) is 3.89. The van der Waals surface area contributed by atoms with Crippen molar-refractivity contribution in [2.24, 2.45) is 0 Å². The maximum Gasteiger partial charge on any atom is 0.173 e. The number of nitrogens with one attached hydrogen (secondary N) is 1. The summed E-state index contributed by atoms with van der Waals surface area (Å²) in [6.45, 7) is 5.12. The van der Waals surface area contributed by atoms with Gasteiger partial charge in [-0.15, -0.1) is 0 Å². The number of benzene rings is 2.